The van der Waals surface area contributed by atoms with Crippen LogP contribution in [0.25, 0.3) is 0 Å². The first kappa shape index (κ1) is 14.9. The van der Waals surface area contributed by atoms with E-state index in [1.54, 1.807) is 0 Å². The van der Waals surface area contributed by atoms with Crippen LogP contribution in [0.3, 0.4) is 0 Å². The maximum Gasteiger partial charge on any atom is 0.256 e. The molecular weight excluding hydrogens is 220 g/mol. The normalized spacial score (nSPS) is 30.2. The maximum absolute atomic E-state index is 13.3. The van der Waals surface area contributed by atoms with E-state index in [-0.39, 0.29) is 0 Å². The minimum atomic E-state index is -2.23. The lowest BCUT2D eigenvalue weighted by atomic mass is 9.73. The number of halogens is 2. The van der Waals surface area contributed by atoms with E-state index in [1.165, 1.54) is 0 Å². The monoisotopic (exact) mass is 247 g/mol. The summed E-state index contributed by atoms with van der Waals surface area (Å²) in [6, 6.07) is 0. The van der Waals surface area contributed by atoms with Crippen molar-refractivity contribution in [1.29, 1.82) is 0 Å². The van der Waals surface area contributed by atoms with E-state index >= 15 is 0 Å². The van der Waals surface area contributed by atoms with Gasteiger partial charge in [-0.05, 0) is 44.1 Å². The van der Waals surface area contributed by atoms with Crippen LogP contribution in [0.15, 0.2) is 0 Å². The Hall–Kier alpha value is -0.180. The molecule has 2 unspecified atom stereocenters. The summed E-state index contributed by atoms with van der Waals surface area (Å²) >= 11 is 0. The third-order valence-corrected chi connectivity index (χ3v) is 3.84. The average molecular weight is 247 g/mol. The van der Waals surface area contributed by atoms with Crippen molar-refractivity contribution in [3.8, 4) is 0 Å². The summed E-state index contributed by atoms with van der Waals surface area (Å²) in [5.41, 5.74) is -0.895. The molecule has 0 radical (unpaired) electrons. The van der Waals surface area contributed by atoms with Gasteiger partial charge in [0, 0.05) is 0 Å². The lowest BCUT2D eigenvalue weighted by Crippen LogP contribution is -2.54. The molecule has 0 aromatic rings. The van der Waals surface area contributed by atoms with Crippen molar-refractivity contribution in [1.82, 2.24) is 5.32 Å². The summed E-state index contributed by atoms with van der Waals surface area (Å²) in [6.07, 6.45) is 3.14. The van der Waals surface area contributed by atoms with Crippen molar-refractivity contribution >= 4 is 0 Å². The predicted octanol–water partition coefficient (Wildman–Crippen LogP) is 4.23. The van der Waals surface area contributed by atoms with Crippen LogP contribution in [0.5, 0.6) is 0 Å². The van der Waals surface area contributed by atoms with Crippen LogP contribution in [-0.2, 0) is 0 Å². The van der Waals surface area contributed by atoms with Crippen molar-refractivity contribution in [2.75, 3.05) is 6.54 Å². The Labute approximate surface area is 104 Å². The molecule has 0 aliphatic heterocycles. The fourth-order valence-corrected chi connectivity index (χ4v) is 3.10. The van der Waals surface area contributed by atoms with Crippen LogP contribution in [0, 0.1) is 11.8 Å². The second-order valence-corrected chi connectivity index (χ2v) is 5.98. The second-order valence-electron chi connectivity index (χ2n) is 5.98. The molecule has 1 aliphatic carbocycles. The molecule has 0 aromatic heterocycles. The molecule has 2 atom stereocenters. The van der Waals surface area contributed by atoms with E-state index in [1.807, 2.05) is 6.92 Å². The number of hydrogen-bond acceptors (Lipinski definition) is 1. The summed E-state index contributed by atoms with van der Waals surface area (Å²) in [6.45, 7) is 7.09. The van der Waals surface area contributed by atoms with Crippen molar-refractivity contribution in [2.45, 2.75) is 71.3 Å². The molecule has 0 spiro atoms. The van der Waals surface area contributed by atoms with Gasteiger partial charge in [0.05, 0.1) is 5.54 Å². The van der Waals surface area contributed by atoms with Crippen LogP contribution in [0.4, 0.5) is 8.78 Å². The van der Waals surface area contributed by atoms with Crippen molar-refractivity contribution < 1.29 is 8.78 Å². The van der Waals surface area contributed by atoms with Gasteiger partial charge in [-0.3, -0.25) is 0 Å². The number of alkyl halides is 2. The standard InChI is InChI=1S/C14H27F2N/c1-4-8-17-14(13(15)16)7-5-6-12(10-14)9-11(2)3/h11-13,17H,4-10H2,1-3H3. The molecular formula is C14H27F2N. The van der Waals surface area contributed by atoms with Crippen LogP contribution < -0.4 is 5.32 Å². The van der Waals surface area contributed by atoms with Crippen LogP contribution in [0.1, 0.15) is 59.3 Å². The van der Waals surface area contributed by atoms with Crippen LogP contribution >= 0.6 is 0 Å². The van der Waals surface area contributed by atoms with E-state index in [4.69, 9.17) is 0 Å². The van der Waals surface area contributed by atoms with Gasteiger partial charge in [-0.1, -0.05) is 33.6 Å². The van der Waals surface area contributed by atoms with E-state index in [9.17, 15) is 8.78 Å². The van der Waals surface area contributed by atoms with Crippen molar-refractivity contribution in [2.24, 2.45) is 11.8 Å². The molecule has 1 N–H and O–H groups in total. The maximum atomic E-state index is 13.3. The van der Waals surface area contributed by atoms with Crippen LogP contribution in [0.2, 0.25) is 0 Å². The summed E-state index contributed by atoms with van der Waals surface area (Å²) in [5, 5.41) is 3.14. The first-order chi connectivity index (χ1) is 8.00. The zero-order chi connectivity index (χ0) is 12.9. The lowest BCUT2D eigenvalue weighted by Gasteiger charge is -2.41. The fourth-order valence-electron chi connectivity index (χ4n) is 3.10. The van der Waals surface area contributed by atoms with Gasteiger partial charge in [-0.25, -0.2) is 8.78 Å². The molecule has 102 valence electrons. The fraction of sp³-hybridized carbons (Fsp3) is 1.00. The highest BCUT2D eigenvalue weighted by molar-refractivity contribution is 4.96. The Kier molecular flexibility index (Phi) is 5.84. The van der Waals surface area contributed by atoms with Crippen molar-refractivity contribution in [3.05, 3.63) is 0 Å². The molecule has 1 fully saturated rings. The Bertz CT molecular complexity index is 218. The zero-order valence-electron chi connectivity index (χ0n) is 11.4. The van der Waals surface area contributed by atoms with E-state index in [0.29, 0.717) is 31.2 Å². The smallest absolute Gasteiger partial charge is 0.256 e. The summed E-state index contributed by atoms with van der Waals surface area (Å²) < 4.78 is 26.7. The van der Waals surface area contributed by atoms with Gasteiger partial charge in [0.15, 0.2) is 0 Å². The van der Waals surface area contributed by atoms with E-state index in [2.05, 4.69) is 19.2 Å². The summed E-state index contributed by atoms with van der Waals surface area (Å²) in [5.74, 6) is 1.08. The third-order valence-electron chi connectivity index (χ3n) is 3.84. The average Bonchev–Trinajstić information content (AvgIpc) is 2.25. The largest absolute Gasteiger partial charge is 0.306 e. The van der Waals surface area contributed by atoms with E-state index < -0.39 is 12.0 Å². The molecule has 1 saturated carbocycles. The number of rotatable bonds is 6. The molecule has 0 saturated heterocycles. The molecule has 0 bridgehead atoms. The minimum Gasteiger partial charge on any atom is -0.306 e. The Morgan fingerprint density at radius 3 is 2.59 bits per heavy atom. The first-order valence-corrected chi connectivity index (χ1v) is 7.03. The topological polar surface area (TPSA) is 12.0 Å². The van der Waals surface area contributed by atoms with Gasteiger partial charge < -0.3 is 5.32 Å². The zero-order valence-corrected chi connectivity index (χ0v) is 11.4. The summed E-state index contributed by atoms with van der Waals surface area (Å²) in [4.78, 5) is 0. The van der Waals surface area contributed by atoms with Crippen molar-refractivity contribution in [3.63, 3.8) is 0 Å². The SMILES string of the molecule is CCCNC1(C(F)F)CCCC(CC(C)C)C1. The number of nitrogens with one attached hydrogen (secondary N) is 1. The van der Waals surface area contributed by atoms with E-state index in [0.717, 1.165) is 25.7 Å². The summed E-state index contributed by atoms with van der Waals surface area (Å²) in [7, 11) is 0. The predicted molar refractivity (Wildman–Crippen MR) is 68.4 cm³/mol. The molecule has 0 amide bonds. The van der Waals surface area contributed by atoms with Gasteiger partial charge in [0.1, 0.15) is 0 Å². The highest BCUT2D eigenvalue weighted by Gasteiger charge is 2.43. The molecule has 0 aromatic carbocycles. The molecule has 17 heavy (non-hydrogen) atoms. The first-order valence-electron chi connectivity index (χ1n) is 7.03. The van der Waals surface area contributed by atoms with Crippen LogP contribution in [-0.4, -0.2) is 18.5 Å². The Balaban J connectivity index is 2.62. The van der Waals surface area contributed by atoms with Gasteiger partial charge in [-0.2, -0.15) is 0 Å². The third kappa shape index (κ3) is 4.20. The highest BCUT2D eigenvalue weighted by Crippen LogP contribution is 2.39. The molecule has 3 heteroatoms. The molecule has 0 heterocycles. The van der Waals surface area contributed by atoms with Gasteiger partial charge in [-0.15, -0.1) is 0 Å². The Morgan fingerprint density at radius 1 is 1.35 bits per heavy atom. The highest BCUT2D eigenvalue weighted by atomic mass is 19.3. The lowest BCUT2D eigenvalue weighted by molar-refractivity contribution is -0.00940. The second kappa shape index (κ2) is 6.67. The molecule has 1 aliphatic rings. The Morgan fingerprint density at radius 2 is 2.06 bits per heavy atom. The van der Waals surface area contributed by atoms with Gasteiger partial charge >= 0.3 is 0 Å². The van der Waals surface area contributed by atoms with Gasteiger partial charge in [0.25, 0.3) is 6.43 Å². The quantitative estimate of drug-likeness (QED) is 0.740. The minimum absolute atomic E-state index is 0.474. The molecule has 1 rings (SSSR count). The van der Waals surface area contributed by atoms with Gasteiger partial charge in [0.2, 0.25) is 0 Å². The number of hydrogen-bond donors (Lipinski definition) is 1. The molecule has 1 nitrogen and oxygen atoms in total.